The molecule has 0 aliphatic carbocycles. The van der Waals surface area contributed by atoms with Crippen LogP contribution in [0.25, 0.3) is 0 Å². The van der Waals surface area contributed by atoms with Gasteiger partial charge in [0.1, 0.15) is 5.75 Å². The molecule has 1 aliphatic rings. The Bertz CT molecular complexity index is 525. The molecule has 0 bridgehead atoms. The first kappa shape index (κ1) is 13.4. The van der Waals surface area contributed by atoms with Crippen molar-refractivity contribution in [2.24, 2.45) is 5.10 Å². The number of hydrogen-bond donors (Lipinski definition) is 0. The number of benzene rings is 1. The minimum absolute atomic E-state index is 0.121. The van der Waals surface area contributed by atoms with Crippen LogP contribution in [0.15, 0.2) is 29.4 Å². The molecule has 0 fully saturated rings. The smallest absolute Gasteiger partial charge is 0.159 e. The van der Waals surface area contributed by atoms with Gasteiger partial charge in [0.2, 0.25) is 0 Å². The molecule has 4 nitrogen and oxygen atoms in total. The lowest BCUT2D eigenvalue weighted by molar-refractivity contribution is 0.123. The van der Waals surface area contributed by atoms with E-state index in [1.54, 1.807) is 7.11 Å². The van der Waals surface area contributed by atoms with Crippen molar-refractivity contribution in [2.75, 3.05) is 7.11 Å². The van der Waals surface area contributed by atoms with Crippen LogP contribution in [0.3, 0.4) is 0 Å². The third-order valence-electron chi connectivity index (χ3n) is 3.39. The fraction of sp³-hybridized carbons (Fsp3) is 0.467. The minimum atomic E-state index is -0.363. The summed E-state index contributed by atoms with van der Waals surface area (Å²) >= 11 is 0. The van der Waals surface area contributed by atoms with Gasteiger partial charge in [-0.1, -0.05) is 12.1 Å². The van der Waals surface area contributed by atoms with Crippen molar-refractivity contribution in [2.45, 2.75) is 38.8 Å². The molecule has 1 aliphatic heterocycles. The molecule has 1 atom stereocenters. The summed E-state index contributed by atoms with van der Waals surface area (Å²) in [5, 5.41) is 15.9. The standard InChI is InChI=1S/C15H19N3O/c1-11-9-15(2,3)18(17-11)14(10-16)12-5-7-13(19-4)8-6-12/h5-8,14H,9H2,1-4H3/t14-/m1/s1. The first-order valence-electron chi connectivity index (χ1n) is 6.35. The van der Waals surface area contributed by atoms with Crippen molar-refractivity contribution in [1.82, 2.24) is 5.01 Å². The number of hydrazone groups is 1. The topological polar surface area (TPSA) is 48.6 Å². The van der Waals surface area contributed by atoms with Crippen LogP contribution in [-0.4, -0.2) is 23.4 Å². The zero-order valence-corrected chi connectivity index (χ0v) is 11.8. The maximum Gasteiger partial charge on any atom is 0.159 e. The molecule has 2 rings (SSSR count). The number of rotatable bonds is 3. The van der Waals surface area contributed by atoms with E-state index in [1.165, 1.54) is 0 Å². The highest BCUT2D eigenvalue weighted by atomic mass is 16.5. The van der Waals surface area contributed by atoms with E-state index in [-0.39, 0.29) is 11.6 Å². The quantitative estimate of drug-likeness (QED) is 0.836. The van der Waals surface area contributed by atoms with Gasteiger partial charge in [0.05, 0.1) is 18.7 Å². The van der Waals surface area contributed by atoms with Crippen LogP contribution in [0.4, 0.5) is 0 Å². The molecule has 0 radical (unpaired) electrons. The zero-order valence-electron chi connectivity index (χ0n) is 11.8. The number of nitriles is 1. The third-order valence-corrected chi connectivity index (χ3v) is 3.39. The summed E-state index contributed by atoms with van der Waals surface area (Å²) in [4.78, 5) is 0. The van der Waals surface area contributed by atoms with E-state index in [0.717, 1.165) is 23.4 Å². The van der Waals surface area contributed by atoms with E-state index in [1.807, 2.05) is 36.2 Å². The van der Waals surface area contributed by atoms with Gasteiger partial charge >= 0.3 is 0 Å². The van der Waals surface area contributed by atoms with Crippen molar-refractivity contribution in [1.29, 1.82) is 5.26 Å². The Balaban J connectivity index is 2.32. The second-order valence-electron chi connectivity index (χ2n) is 5.47. The van der Waals surface area contributed by atoms with Crippen LogP contribution < -0.4 is 4.74 Å². The van der Waals surface area contributed by atoms with Gasteiger partial charge in [-0.05, 0) is 38.5 Å². The molecule has 1 aromatic carbocycles. The van der Waals surface area contributed by atoms with E-state index < -0.39 is 0 Å². The summed E-state index contributed by atoms with van der Waals surface area (Å²) in [7, 11) is 1.63. The third kappa shape index (κ3) is 2.55. The molecule has 0 amide bonds. The number of methoxy groups -OCH3 is 1. The van der Waals surface area contributed by atoms with Gasteiger partial charge in [-0.3, -0.25) is 5.01 Å². The van der Waals surface area contributed by atoms with Crippen LogP contribution in [0.2, 0.25) is 0 Å². The first-order valence-corrected chi connectivity index (χ1v) is 6.35. The Morgan fingerprint density at radius 2 is 2.00 bits per heavy atom. The lowest BCUT2D eigenvalue weighted by Gasteiger charge is -2.34. The fourth-order valence-electron chi connectivity index (χ4n) is 2.53. The SMILES string of the molecule is COc1ccc([C@@H](C#N)N2N=C(C)CC2(C)C)cc1. The lowest BCUT2D eigenvalue weighted by Crippen LogP contribution is -2.38. The molecular formula is C15H19N3O. The Labute approximate surface area is 114 Å². The molecule has 0 saturated carbocycles. The van der Waals surface area contributed by atoms with Gasteiger partial charge in [0, 0.05) is 12.1 Å². The molecule has 0 aromatic heterocycles. The first-order chi connectivity index (χ1) is 8.97. The van der Waals surface area contributed by atoms with Crippen molar-refractivity contribution in [3.05, 3.63) is 29.8 Å². The molecule has 0 unspecified atom stereocenters. The van der Waals surface area contributed by atoms with Gasteiger partial charge in [-0.2, -0.15) is 10.4 Å². The molecule has 1 aromatic rings. The van der Waals surface area contributed by atoms with Gasteiger partial charge in [0.15, 0.2) is 6.04 Å². The van der Waals surface area contributed by atoms with E-state index in [0.29, 0.717) is 0 Å². The van der Waals surface area contributed by atoms with Crippen molar-refractivity contribution in [3.8, 4) is 11.8 Å². The van der Waals surface area contributed by atoms with Crippen LogP contribution in [0.1, 0.15) is 38.8 Å². The Morgan fingerprint density at radius 3 is 2.42 bits per heavy atom. The van der Waals surface area contributed by atoms with E-state index in [9.17, 15) is 5.26 Å². The molecule has 4 heteroatoms. The van der Waals surface area contributed by atoms with E-state index in [2.05, 4.69) is 25.0 Å². The lowest BCUT2D eigenvalue weighted by atomic mass is 9.96. The highest BCUT2D eigenvalue weighted by Gasteiger charge is 2.37. The molecule has 0 saturated heterocycles. The average molecular weight is 257 g/mol. The van der Waals surface area contributed by atoms with Crippen LogP contribution in [0, 0.1) is 11.3 Å². The fourth-order valence-corrected chi connectivity index (χ4v) is 2.53. The molecule has 0 N–H and O–H groups in total. The van der Waals surface area contributed by atoms with E-state index >= 15 is 0 Å². The van der Waals surface area contributed by atoms with E-state index in [4.69, 9.17) is 4.74 Å². The monoisotopic (exact) mass is 257 g/mol. The molecule has 19 heavy (non-hydrogen) atoms. The number of nitrogens with zero attached hydrogens (tertiary/aromatic N) is 3. The second kappa shape index (κ2) is 4.93. The van der Waals surface area contributed by atoms with Gasteiger partial charge in [-0.15, -0.1) is 0 Å². The van der Waals surface area contributed by atoms with Crippen LogP contribution in [0.5, 0.6) is 5.75 Å². The molecule has 100 valence electrons. The summed E-state index contributed by atoms with van der Waals surface area (Å²) in [6.07, 6.45) is 0.890. The Morgan fingerprint density at radius 1 is 1.37 bits per heavy atom. The van der Waals surface area contributed by atoms with Gasteiger partial charge < -0.3 is 4.74 Å². The highest BCUT2D eigenvalue weighted by Crippen LogP contribution is 2.35. The zero-order chi connectivity index (χ0) is 14.0. The summed E-state index contributed by atoms with van der Waals surface area (Å²) in [6.45, 7) is 6.23. The van der Waals surface area contributed by atoms with Crippen LogP contribution in [-0.2, 0) is 0 Å². The maximum absolute atomic E-state index is 9.49. The number of ether oxygens (including phenoxy) is 1. The molecule has 0 spiro atoms. The molecular weight excluding hydrogens is 238 g/mol. The van der Waals surface area contributed by atoms with Gasteiger partial charge in [0.25, 0.3) is 0 Å². The Hall–Kier alpha value is -2.02. The van der Waals surface area contributed by atoms with Crippen molar-refractivity contribution < 1.29 is 4.74 Å². The minimum Gasteiger partial charge on any atom is -0.497 e. The average Bonchev–Trinajstić information content (AvgIpc) is 2.65. The van der Waals surface area contributed by atoms with Gasteiger partial charge in [-0.25, -0.2) is 0 Å². The summed E-state index contributed by atoms with van der Waals surface area (Å²) in [5.41, 5.74) is 1.89. The predicted octanol–water partition coefficient (Wildman–Crippen LogP) is 3.12. The maximum atomic E-state index is 9.49. The second-order valence-corrected chi connectivity index (χ2v) is 5.47. The summed E-state index contributed by atoms with van der Waals surface area (Å²) < 4.78 is 5.14. The largest absolute Gasteiger partial charge is 0.497 e. The summed E-state index contributed by atoms with van der Waals surface area (Å²) in [6, 6.07) is 9.58. The van der Waals surface area contributed by atoms with Crippen molar-refractivity contribution >= 4 is 5.71 Å². The number of hydrogen-bond acceptors (Lipinski definition) is 4. The highest BCUT2D eigenvalue weighted by molar-refractivity contribution is 5.84. The van der Waals surface area contributed by atoms with Crippen LogP contribution >= 0.6 is 0 Å². The molecule has 1 heterocycles. The predicted molar refractivity (Wildman–Crippen MR) is 75.0 cm³/mol. The summed E-state index contributed by atoms with van der Waals surface area (Å²) in [5.74, 6) is 0.792. The van der Waals surface area contributed by atoms with Crippen molar-refractivity contribution in [3.63, 3.8) is 0 Å². The Kier molecular flexibility index (Phi) is 3.48. The normalized spacial score (nSPS) is 18.7.